The first-order valence-electron chi connectivity index (χ1n) is 4.45. The molecule has 0 bridgehead atoms. The number of nitrogens with zero attached hydrogens (tertiary/aromatic N) is 2. The molecule has 0 saturated carbocycles. The minimum absolute atomic E-state index is 0.943. The number of fused-ring (bicyclic) bond motifs is 3. The lowest BCUT2D eigenvalue weighted by molar-refractivity contribution is 1.39. The molecule has 0 aliphatic heterocycles. The Bertz CT molecular complexity index is 547. The summed E-state index contributed by atoms with van der Waals surface area (Å²) in [5, 5.41) is 2.12. The van der Waals surface area contributed by atoms with Gasteiger partial charge in [-0.15, -0.1) is 0 Å². The van der Waals surface area contributed by atoms with Crippen molar-refractivity contribution in [1.82, 2.24) is 9.97 Å². The summed E-state index contributed by atoms with van der Waals surface area (Å²) in [7, 11) is 0. The normalized spacial score (nSPS) is 10.9. The molecular weight excluding hydrogens is 172 g/mol. The zero-order valence-corrected chi connectivity index (χ0v) is 7.44. The van der Waals surface area contributed by atoms with Crippen LogP contribution in [0.25, 0.3) is 21.8 Å². The van der Waals surface area contributed by atoms with E-state index in [4.69, 9.17) is 0 Å². The molecule has 0 aliphatic rings. The third-order valence-electron chi connectivity index (χ3n) is 2.27. The van der Waals surface area contributed by atoms with Crippen LogP contribution in [0.4, 0.5) is 0 Å². The molecule has 2 heterocycles. The monoisotopic (exact) mass is 179 g/mol. The molecule has 65 valence electrons. The van der Waals surface area contributed by atoms with Gasteiger partial charge >= 0.3 is 0 Å². The number of pyridine rings is 2. The molecule has 3 rings (SSSR count). The minimum atomic E-state index is 0.943. The number of rotatable bonds is 0. The highest BCUT2D eigenvalue weighted by atomic mass is 14.7. The van der Waals surface area contributed by atoms with Gasteiger partial charge in [0, 0.05) is 23.2 Å². The van der Waals surface area contributed by atoms with Gasteiger partial charge in [-0.25, -0.2) is 0 Å². The van der Waals surface area contributed by atoms with Gasteiger partial charge < -0.3 is 0 Å². The van der Waals surface area contributed by atoms with E-state index in [2.05, 4.69) is 16.0 Å². The summed E-state index contributed by atoms with van der Waals surface area (Å²) < 4.78 is 0. The van der Waals surface area contributed by atoms with E-state index in [1.807, 2.05) is 30.3 Å². The van der Waals surface area contributed by atoms with Gasteiger partial charge in [-0.1, -0.05) is 6.07 Å². The zero-order chi connectivity index (χ0) is 9.38. The first kappa shape index (κ1) is 7.44. The standard InChI is InChI=1S/C12H7N2/c1-3-9-5-6-11-10(4-2-7-13-11)12(9)14-8-1/h1-4,6-8H. The highest BCUT2D eigenvalue weighted by Crippen LogP contribution is 2.20. The van der Waals surface area contributed by atoms with Crippen LogP contribution < -0.4 is 0 Å². The van der Waals surface area contributed by atoms with Crippen LogP contribution in [-0.4, -0.2) is 9.97 Å². The van der Waals surface area contributed by atoms with Crippen molar-refractivity contribution in [2.45, 2.75) is 0 Å². The molecular formula is C12H7N2. The Balaban J connectivity index is 2.61. The molecule has 0 unspecified atom stereocenters. The molecule has 0 aliphatic carbocycles. The maximum atomic E-state index is 4.34. The molecule has 0 amide bonds. The highest BCUT2D eigenvalue weighted by Gasteiger charge is 2.00. The molecule has 0 spiro atoms. The van der Waals surface area contributed by atoms with E-state index in [1.54, 1.807) is 12.4 Å². The van der Waals surface area contributed by atoms with Crippen molar-refractivity contribution < 1.29 is 0 Å². The molecule has 1 radical (unpaired) electrons. The predicted octanol–water partition coefficient (Wildman–Crippen LogP) is 2.58. The van der Waals surface area contributed by atoms with Gasteiger partial charge in [0.25, 0.3) is 0 Å². The summed E-state index contributed by atoms with van der Waals surface area (Å²) in [6.07, 6.45) is 3.58. The first-order chi connectivity index (χ1) is 6.95. The summed E-state index contributed by atoms with van der Waals surface area (Å²) in [5.74, 6) is 0. The van der Waals surface area contributed by atoms with E-state index in [9.17, 15) is 0 Å². The van der Waals surface area contributed by atoms with Crippen LogP contribution in [0.5, 0.6) is 0 Å². The average molecular weight is 179 g/mol. The second kappa shape index (κ2) is 2.77. The summed E-state index contributed by atoms with van der Waals surface area (Å²) >= 11 is 0. The quantitative estimate of drug-likeness (QED) is 0.496. The van der Waals surface area contributed by atoms with Gasteiger partial charge in [0.15, 0.2) is 0 Å². The van der Waals surface area contributed by atoms with E-state index in [0.29, 0.717) is 0 Å². The van der Waals surface area contributed by atoms with E-state index in [-0.39, 0.29) is 0 Å². The second-order valence-corrected chi connectivity index (χ2v) is 3.12. The van der Waals surface area contributed by atoms with Gasteiger partial charge in [-0.2, -0.15) is 0 Å². The van der Waals surface area contributed by atoms with E-state index in [0.717, 1.165) is 21.8 Å². The van der Waals surface area contributed by atoms with Crippen molar-refractivity contribution >= 4 is 21.8 Å². The number of aromatic nitrogens is 2. The maximum absolute atomic E-state index is 4.34. The Kier molecular flexibility index (Phi) is 1.47. The topological polar surface area (TPSA) is 25.8 Å². The van der Waals surface area contributed by atoms with Crippen LogP contribution in [0.15, 0.2) is 42.7 Å². The van der Waals surface area contributed by atoms with Crippen LogP contribution >= 0.6 is 0 Å². The zero-order valence-electron chi connectivity index (χ0n) is 7.44. The lowest BCUT2D eigenvalue weighted by atomic mass is 10.1. The Hall–Kier alpha value is -1.96. The predicted molar refractivity (Wildman–Crippen MR) is 55.9 cm³/mol. The van der Waals surface area contributed by atoms with Gasteiger partial charge in [0.05, 0.1) is 11.0 Å². The molecule has 14 heavy (non-hydrogen) atoms. The third-order valence-corrected chi connectivity index (χ3v) is 2.27. The smallest absolute Gasteiger partial charge is 0.0802 e. The number of hydrogen-bond acceptors (Lipinski definition) is 2. The molecule has 2 aromatic heterocycles. The van der Waals surface area contributed by atoms with Crippen LogP contribution in [0.3, 0.4) is 0 Å². The Labute approximate surface area is 81.2 Å². The van der Waals surface area contributed by atoms with Crippen molar-refractivity contribution in [3.05, 3.63) is 48.8 Å². The molecule has 0 fully saturated rings. The molecule has 0 saturated heterocycles. The summed E-state index contributed by atoms with van der Waals surface area (Å²) in [6, 6.07) is 13.0. The van der Waals surface area contributed by atoms with Gasteiger partial charge in [0.2, 0.25) is 0 Å². The molecule has 0 atom stereocenters. The molecule has 0 N–H and O–H groups in total. The third kappa shape index (κ3) is 0.973. The van der Waals surface area contributed by atoms with Gasteiger partial charge in [-0.05, 0) is 30.3 Å². The van der Waals surface area contributed by atoms with Gasteiger partial charge in [0.1, 0.15) is 0 Å². The summed E-state index contributed by atoms with van der Waals surface area (Å²) in [4.78, 5) is 8.60. The van der Waals surface area contributed by atoms with Crippen molar-refractivity contribution in [3.63, 3.8) is 0 Å². The Morgan fingerprint density at radius 3 is 2.86 bits per heavy atom. The van der Waals surface area contributed by atoms with Crippen molar-refractivity contribution in [2.24, 2.45) is 0 Å². The Morgan fingerprint density at radius 2 is 1.86 bits per heavy atom. The summed E-state index contributed by atoms with van der Waals surface area (Å²) in [5.41, 5.74) is 1.91. The lowest BCUT2D eigenvalue weighted by Crippen LogP contribution is -1.82. The highest BCUT2D eigenvalue weighted by molar-refractivity contribution is 6.02. The molecule has 2 heteroatoms. The summed E-state index contributed by atoms with van der Waals surface area (Å²) in [6.45, 7) is 0. The molecule has 1 aromatic carbocycles. The molecule has 2 nitrogen and oxygen atoms in total. The number of benzene rings is 1. The minimum Gasteiger partial charge on any atom is -0.256 e. The van der Waals surface area contributed by atoms with Gasteiger partial charge in [-0.3, -0.25) is 9.97 Å². The molecule has 3 aromatic rings. The van der Waals surface area contributed by atoms with Crippen LogP contribution in [0, 0.1) is 6.07 Å². The Morgan fingerprint density at radius 1 is 1.00 bits per heavy atom. The van der Waals surface area contributed by atoms with Crippen molar-refractivity contribution in [2.75, 3.05) is 0 Å². The van der Waals surface area contributed by atoms with Crippen LogP contribution in [0.1, 0.15) is 0 Å². The second-order valence-electron chi connectivity index (χ2n) is 3.12. The van der Waals surface area contributed by atoms with Crippen LogP contribution in [0.2, 0.25) is 0 Å². The largest absolute Gasteiger partial charge is 0.256 e. The maximum Gasteiger partial charge on any atom is 0.0802 e. The SMILES string of the molecule is [c]1cc2ncccc2c2ncccc12. The van der Waals surface area contributed by atoms with E-state index < -0.39 is 0 Å². The fourth-order valence-corrected chi connectivity index (χ4v) is 1.62. The van der Waals surface area contributed by atoms with Crippen molar-refractivity contribution in [1.29, 1.82) is 0 Å². The van der Waals surface area contributed by atoms with Crippen LogP contribution in [-0.2, 0) is 0 Å². The van der Waals surface area contributed by atoms with Crippen molar-refractivity contribution in [3.8, 4) is 0 Å². The number of hydrogen-bond donors (Lipinski definition) is 0. The first-order valence-corrected chi connectivity index (χ1v) is 4.45. The fraction of sp³-hybridized carbons (Fsp3) is 0. The fourth-order valence-electron chi connectivity index (χ4n) is 1.62. The lowest BCUT2D eigenvalue weighted by Gasteiger charge is -2.00. The van der Waals surface area contributed by atoms with E-state index >= 15 is 0 Å². The van der Waals surface area contributed by atoms with E-state index in [1.165, 1.54) is 0 Å². The average Bonchev–Trinajstić information content (AvgIpc) is 2.29.